The van der Waals surface area contributed by atoms with E-state index in [1.165, 1.54) is 84.5 Å². The number of rotatable bonds is 13. The Bertz CT molecular complexity index is 1080. The molecule has 0 amide bonds. The van der Waals surface area contributed by atoms with Crippen molar-refractivity contribution >= 4 is 71.9 Å². The Morgan fingerprint density at radius 3 is 1.52 bits per heavy atom. The molecule has 0 aliphatic carbocycles. The molecule has 3 nitrogen and oxygen atoms in total. The molecule has 0 atom stereocenters. The average Bonchev–Trinajstić information content (AvgIpc) is 3.54. The topological polar surface area (TPSA) is 30.7 Å². The van der Waals surface area contributed by atoms with Gasteiger partial charge in [0.2, 0.25) is 0 Å². The summed E-state index contributed by atoms with van der Waals surface area (Å²) in [6.45, 7) is 3.19. The molecule has 4 rings (SSSR count). The second-order valence-electron chi connectivity index (χ2n) is 8.54. The molecule has 0 unspecified atom stereocenters. The summed E-state index contributed by atoms with van der Waals surface area (Å²) in [4.78, 5) is 1.96. The number of aryl methyl sites for hydroxylation is 1. The van der Waals surface area contributed by atoms with Crippen LogP contribution in [0.25, 0.3) is 31.0 Å². The Hall–Kier alpha value is -0.421. The van der Waals surface area contributed by atoms with Crippen molar-refractivity contribution in [2.45, 2.75) is 77.7 Å². The van der Waals surface area contributed by atoms with E-state index in [-0.39, 0.29) is 0 Å². The molecule has 176 valence electrons. The maximum atomic E-state index is 5.00. The van der Waals surface area contributed by atoms with Gasteiger partial charge in [-0.25, -0.2) is 0 Å². The van der Waals surface area contributed by atoms with Crippen molar-refractivity contribution in [3.05, 3.63) is 43.1 Å². The number of hydrogen-bond donors (Lipinski definition) is 0. The van der Waals surface area contributed by atoms with Crippen molar-refractivity contribution in [3.8, 4) is 20.0 Å². The van der Waals surface area contributed by atoms with Crippen LogP contribution in [-0.4, -0.2) is 44.0 Å². The molecule has 3 heterocycles. The van der Waals surface area contributed by atoms with Crippen LogP contribution in [0.1, 0.15) is 71.1 Å². The molecule has 33 heavy (non-hydrogen) atoms. The third-order valence-corrected chi connectivity index (χ3v) is 12.0. The van der Waals surface area contributed by atoms with E-state index in [0.29, 0.717) is 29.0 Å². The van der Waals surface area contributed by atoms with Crippen molar-refractivity contribution in [1.82, 2.24) is 15.0 Å². The van der Waals surface area contributed by atoms with Crippen LogP contribution >= 0.6 is 31.9 Å². The molecule has 0 bridgehead atoms. The van der Waals surface area contributed by atoms with Crippen LogP contribution in [0.3, 0.4) is 0 Å². The summed E-state index contributed by atoms with van der Waals surface area (Å²) in [7, 11) is 0. The van der Waals surface area contributed by atoms with E-state index < -0.39 is 0 Å². The molecule has 0 saturated heterocycles. The van der Waals surface area contributed by atoms with Crippen molar-refractivity contribution in [2.24, 2.45) is 0 Å². The fraction of sp³-hybridized carbons (Fsp3) is 0.462. The zero-order valence-electron chi connectivity index (χ0n) is 19.2. The molecule has 0 N–H and O–H groups in total. The van der Waals surface area contributed by atoms with E-state index in [1.807, 2.05) is 4.80 Å². The minimum absolute atomic E-state index is 0.315. The number of unbranched alkanes of at least 4 members (excludes halogenated alkanes) is 9. The van der Waals surface area contributed by atoms with Crippen molar-refractivity contribution in [2.75, 3.05) is 0 Å². The number of benzene rings is 1. The molecule has 0 aliphatic heterocycles. The molecule has 0 radical (unpaired) electrons. The van der Waals surface area contributed by atoms with Gasteiger partial charge in [0.25, 0.3) is 0 Å². The van der Waals surface area contributed by atoms with Gasteiger partial charge in [0.15, 0.2) is 0 Å². The molecule has 3 aromatic heterocycles. The summed E-state index contributed by atoms with van der Waals surface area (Å²) in [6, 6.07) is 13.3. The summed E-state index contributed by atoms with van der Waals surface area (Å²) < 4.78 is 5.33. The molecule has 0 aliphatic rings. The van der Waals surface area contributed by atoms with Crippen molar-refractivity contribution in [3.63, 3.8) is 0 Å². The van der Waals surface area contributed by atoms with Crippen LogP contribution in [-0.2, 0) is 6.54 Å². The second-order valence-corrected chi connectivity index (χ2v) is 17.2. The summed E-state index contributed by atoms with van der Waals surface area (Å²) in [5.41, 5.74) is 4.60. The van der Waals surface area contributed by atoms with Gasteiger partial charge in [0, 0.05) is 0 Å². The Kier molecular flexibility index (Phi) is 10.1. The Balaban J connectivity index is 1.42. The molecule has 0 saturated carbocycles. The van der Waals surface area contributed by atoms with E-state index in [4.69, 9.17) is 10.2 Å². The van der Waals surface area contributed by atoms with Crippen LogP contribution in [0.2, 0.25) is 0 Å². The van der Waals surface area contributed by atoms with Crippen LogP contribution in [0.15, 0.2) is 43.1 Å². The summed E-state index contributed by atoms with van der Waals surface area (Å²) in [5.74, 6) is 0. The van der Waals surface area contributed by atoms with Gasteiger partial charge >= 0.3 is 195 Å². The molecule has 0 spiro atoms. The van der Waals surface area contributed by atoms with Crippen LogP contribution in [0.5, 0.6) is 0 Å². The van der Waals surface area contributed by atoms with Gasteiger partial charge in [-0.05, 0) is 0 Å². The number of fused-ring (bicyclic) bond motifs is 1. The van der Waals surface area contributed by atoms with Crippen molar-refractivity contribution in [1.29, 1.82) is 0 Å². The number of halogens is 2. The zero-order valence-corrected chi connectivity index (χ0v) is 25.8. The van der Waals surface area contributed by atoms with E-state index in [2.05, 4.69) is 75.2 Å². The van der Waals surface area contributed by atoms with Gasteiger partial charge in [0.05, 0.1) is 0 Å². The quantitative estimate of drug-likeness (QED) is 0.104. The molecule has 4 aromatic rings. The minimum atomic E-state index is 0.315. The number of hydrogen-bond acceptors (Lipinski definition) is 2. The third kappa shape index (κ3) is 7.06. The van der Waals surface area contributed by atoms with E-state index in [9.17, 15) is 0 Å². The maximum absolute atomic E-state index is 5.00. The van der Waals surface area contributed by atoms with Gasteiger partial charge in [-0.3, -0.25) is 0 Å². The Labute approximate surface area is 226 Å². The first-order valence-corrected chi connectivity index (χ1v) is 17.1. The Morgan fingerprint density at radius 1 is 0.636 bits per heavy atom. The van der Waals surface area contributed by atoms with Crippen molar-refractivity contribution < 1.29 is 0 Å². The zero-order chi connectivity index (χ0) is 23.0. The first kappa shape index (κ1) is 25.7. The van der Waals surface area contributed by atoms with Gasteiger partial charge in [-0.1, -0.05) is 32.6 Å². The molecular weight excluding hydrogens is 672 g/mol. The monoisotopic (exact) mass is 703 g/mol. The fourth-order valence-electron chi connectivity index (χ4n) is 4.19. The van der Waals surface area contributed by atoms with E-state index >= 15 is 0 Å². The third-order valence-electron chi connectivity index (χ3n) is 5.97. The molecular formula is C26H31Br2N3Se2. The van der Waals surface area contributed by atoms with Gasteiger partial charge in [0.1, 0.15) is 0 Å². The predicted octanol–water partition coefficient (Wildman–Crippen LogP) is 8.33. The average molecular weight is 703 g/mol. The van der Waals surface area contributed by atoms with Gasteiger partial charge in [-0.2, -0.15) is 0 Å². The van der Waals surface area contributed by atoms with E-state index in [0.717, 1.165) is 24.0 Å². The first-order valence-electron chi connectivity index (χ1n) is 12.0. The van der Waals surface area contributed by atoms with E-state index in [1.54, 1.807) is 0 Å². The van der Waals surface area contributed by atoms with Crippen LogP contribution < -0.4 is 0 Å². The van der Waals surface area contributed by atoms with Gasteiger partial charge < -0.3 is 0 Å². The summed E-state index contributed by atoms with van der Waals surface area (Å²) in [6.07, 6.45) is 13.5. The first-order chi connectivity index (χ1) is 16.2. The van der Waals surface area contributed by atoms with Crippen LogP contribution in [0, 0.1) is 0 Å². The molecule has 0 fully saturated rings. The predicted molar refractivity (Wildman–Crippen MR) is 150 cm³/mol. The van der Waals surface area contributed by atoms with Gasteiger partial charge in [-0.15, -0.1) is 0 Å². The standard InChI is InChI=1S/C26H31Br2N3Se2/c1-2-3-4-5-6-7-8-9-10-11-18-31-29-25-19(21-14-16-23(27)32-21)12-13-20(26(25)30-31)22-15-17-24(28)33-22/h12-17H,2-11,18H2,1H3. The molecule has 7 heteroatoms. The SMILES string of the molecule is CCCCCCCCCCCCn1nc2c(-c3ccc(Br)[se]3)ccc(-c3ccc(Br)[se]3)c2n1. The number of nitrogens with zero attached hydrogens (tertiary/aromatic N) is 3. The molecule has 1 aromatic carbocycles. The fourth-order valence-corrected chi connectivity index (χ4v) is 9.44. The normalized spacial score (nSPS) is 11.6. The second kappa shape index (κ2) is 13.0. The summed E-state index contributed by atoms with van der Waals surface area (Å²) >= 11 is 7.98. The number of aromatic nitrogens is 3. The Morgan fingerprint density at radius 2 is 1.09 bits per heavy atom. The van der Waals surface area contributed by atoms with Crippen LogP contribution in [0.4, 0.5) is 0 Å². The summed E-state index contributed by atoms with van der Waals surface area (Å²) in [5, 5.41) is 9.99.